The van der Waals surface area contributed by atoms with Gasteiger partial charge in [0.05, 0.1) is 45.1 Å². The van der Waals surface area contributed by atoms with Crippen LogP contribution in [0.4, 0.5) is 17.1 Å². The van der Waals surface area contributed by atoms with Crippen LogP contribution in [0.3, 0.4) is 0 Å². The van der Waals surface area contributed by atoms with Gasteiger partial charge in [-0.1, -0.05) is 36.4 Å². The number of rotatable bonds is 27. The Morgan fingerprint density at radius 3 is 0.862 bits per heavy atom. The molecule has 0 aliphatic carbocycles. The van der Waals surface area contributed by atoms with Gasteiger partial charge < -0.3 is 59.5 Å². The van der Waals surface area contributed by atoms with Gasteiger partial charge in [0.15, 0.2) is 0 Å². The smallest absolute Gasteiger partial charge is 0.348 e. The first-order chi connectivity index (χ1) is 31.4. The molecule has 0 amide bonds. The standard InChI is InChI=1S/C47H54N6O12/c1-47(32-63-44(60)38(29-48)26-35-2-8-41(9-3-35)51(14-20-54)15-21-55,33-64-45(61)39(30-49)27-36-4-10-42(11-5-36)52(16-22-56)17-23-57)34-65-46(62)40(31-50)28-37-6-12-43(13-7-37)53(18-24-58)19-25-59/h2-13,26-28,54-59H,14-25,32-34H2,1H3/b38-26+,39-27+,40-28+. The number of carbonyl (C=O) groups is 3. The maximum absolute atomic E-state index is 13.3. The van der Waals surface area contributed by atoms with Gasteiger partial charge in [-0.3, -0.25) is 0 Å². The van der Waals surface area contributed by atoms with Crippen LogP contribution in [0.15, 0.2) is 89.5 Å². The van der Waals surface area contributed by atoms with Crippen molar-refractivity contribution in [3.63, 3.8) is 0 Å². The van der Waals surface area contributed by atoms with Crippen molar-refractivity contribution < 1.29 is 59.2 Å². The molecule has 0 bridgehead atoms. The van der Waals surface area contributed by atoms with Crippen molar-refractivity contribution in [3.05, 3.63) is 106 Å². The lowest BCUT2D eigenvalue weighted by Crippen LogP contribution is -2.37. The molecule has 0 aromatic heterocycles. The van der Waals surface area contributed by atoms with E-state index in [1.54, 1.807) is 106 Å². The van der Waals surface area contributed by atoms with E-state index in [9.17, 15) is 60.8 Å². The van der Waals surface area contributed by atoms with Crippen molar-refractivity contribution in [1.82, 2.24) is 0 Å². The summed E-state index contributed by atoms with van der Waals surface area (Å²) >= 11 is 0. The third-order valence-corrected chi connectivity index (χ3v) is 9.60. The number of hydrogen-bond donors (Lipinski definition) is 6. The van der Waals surface area contributed by atoms with Gasteiger partial charge >= 0.3 is 17.9 Å². The van der Waals surface area contributed by atoms with E-state index in [0.717, 1.165) is 0 Å². The highest BCUT2D eigenvalue weighted by molar-refractivity contribution is 5.99. The summed E-state index contributed by atoms with van der Waals surface area (Å²) in [5.41, 5.74) is 0.731. The number of carbonyl (C=O) groups excluding carboxylic acids is 3. The fourth-order valence-electron chi connectivity index (χ4n) is 6.17. The second-order valence-corrected chi connectivity index (χ2v) is 14.6. The van der Waals surface area contributed by atoms with Crippen molar-refractivity contribution in [2.75, 3.05) is 113 Å². The van der Waals surface area contributed by atoms with Gasteiger partial charge in [0, 0.05) is 56.3 Å². The van der Waals surface area contributed by atoms with Crippen molar-refractivity contribution in [2.24, 2.45) is 5.41 Å². The van der Waals surface area contributed by atoms with E-state index in [0.29, 0.717) is 33.8 Å². The van der Waals surface area contributed by atoms with Crippen LogP contribution in [-0.4, -0.2) is 147 Å². The second-order valence-electron chi connectivity index (χ2n) is 14.6. The molecule has 0 saturated heterocycles. The van der Waals surface area contributed by atoms with Crippen LogP contribution in [-0.2, 0) is 28.6 Å². The number of anilines is 3. The van der Waals surface area contributed by atoms with E-state index in [4.69, 9.17) is 14.2 Å². The van der Waals surface area contributed by atoms with Crippen LogP contribution >= 0.6 is 0 Å². The number of aliphatic hydroxyl groups is 6. The van der Waals surface area contributed by atoms with Crippen LogP contribution in [0.1, 0.15) is 23.6 Å². The molecule has 18 nitrogen and oxygen atoms in total. The molecule has 344 valence electrons. The molecule has 0 spiro atoms. The Labute approximate surface area is 377 Å². The average Bonchev–Trinajstić information content (AvgIpc) is 3.32. The normalized spacial score (nSPS) is 11.7. The Bertz CT molecular complexity index is 1960. The fraction of sp³-hybridized carbons (Fsp3) is 0.362. The monoisotopic (exact) mass is 894 g/mol. The zero-order chi connectivity index (χ0) is 47.6. The van der Waals surface area contributed by atoms with Crippen LogP contribution in [0.5, 0.6) is 0 Å². The topological polar surface area (TPSA) is 281 Å². The van der Waals surface area contributed by atoms with E-state index in [-0.39, 0.29) is 78.9 Å². The van der Waals surface area contributed by atoms with Crippen LogP contribution in [0.2, 0.25) is 0 Å². The van der Waals surface area contributed by atoms with E-state index in [2.05, 4.69) is 0 Å². The maximum atomic E-state index is 13.3. The summed E-state index contributed by atoms with van der Waals surface area (Å²) < 4.78 is 16.5. The molecular weight excluding hydrogens is 841 g/mol. The molecule has 0 aliphatic heterocycles. The minimum atomic E-state index is -1.50. The maximum Gasteiger partial charge on any atom is 0.348 e. The summed E-state index contributed by atoms with van der Waals surface area (Å²) in [7, 11) is 0. The highest BCUT2D eigenvalue weighted by Gasteiger charge is 2.32. The fourth-order valence-corrected chi connectivity index (χ4v) is 6.17. The van der Waals surface area contributed by atoms with Gasteiger partial charge in [-0.2, -0.15) is 15.8 Å². The van der Waals surface area contributed by atoms with Gasteiger partial charge in [0.2, 0.25) is 0 Å². The van der Waals surface area contributed by atoms with Crippen molar-refractivity contribution in [1.29, 1.82) is 15.8 Å². The first-order valence-electron chi connectivity index (χ1n) is 20.5. The second kappa shape index (κ2) is 27.9. The Balaban J connectivity index is 1.86. The third kappa shape index (κ3) is 16.9. The first-order valence-corrected chi connectivity index (χ1v) is 20.5. The summed E-state index contributed by atoms with van der Waals surface area (Å²) in [6, 6.07) is 25.3. The SMILES string of the molecule is CC(COC(=O)/C(C#N)=C/c1ccc(N(CCO)CCO)cc1)(COC(=O)/C(C#N)=C/c1ccc(N(CCO)CCO)cc1)COC(=O)/C(C#N)=C/c1ccc(N(CCO)CCO)cc1. The molecule has 3 aromatic carbocycles. The lowest BCUT2D eigenvalue weighted by atomic mass is 9.94. The number of esters is 3. The van der Waals surface area contributed by atoms with Gasteiger partial charge in [-0.25, -0.2) is 14.4 Å². The van der Waals surface area contributed by atoms with Crippen LogP contribution < -0.4 is 14.7 Å². The molecular formula is C47H54N6O12. The van der Waals surface area contributed by atoms with Gasteiger partial charge in [-0.05, 0) is 78.2 Å². The van der Waals surface area contributed by atoms with Crippen molar-refractivity contribution in [3.8, 4) is 18.2 Å². The number of hydrogen-bond acceptors (Lipinski definition) is 18. The molecule has 65 heavy (non-hydrogen) atoms. The van der Waals surface area contributed by atoms with E-state index in [1.165, 1.54) is 25.2 Å². The zero-order valence-corrected chi connectivity index (χ0v) is 36.1. The number of nitrogens with zero attached hydrogens (tertiary/aromatic N) is 6. The molecule has 0 heterocycles. The van der Waals surface area contributed by atoms with Crippen molar-refractivity contribution >= 4 is 53.2 Å². The molecule has 3 aromatic rings. The predicted molar refractivity (Wildman–Crippen MR) is 240 cm³/mol. The minimum Gasteiger partial charge on any atom is -0.461 e. The highest BCUT2D eigenvalue weighted by atomic mass is 16.6. The predicted octanol–water partition coefficient (Wildman–Crippen LogP) is 1.82. The molecule has 18 heteroatoms. The summed E-state index contributed by atoms with van der Waals surface area (Å²) in [5.74, 6) is -3.17. The Hall–Kier alpha value is -7.08. The minimum absolute atomic E-state index is 0.141. The first kappa shape index (κ1) is 52.3. The summed E-state index contributed by atoms with van der Waals surface area (Å²) in [6.45, 7) is 0.536. The lowest BCUT2D eigenvalue weighted by molar-refractivity contribution is -0.155. The molecule has 0 radical (unpaired) electrons. The van der Waals surface area contributed by atoms with Gasteiger partial charge in [-0.15, -0.1) is 0 Å². The Morgan fingerprint density at radius 1 is 0.462 bits per heavy atom. The largest absolute Gasteiger partial charge is 0.461 e. The van der Waals surface area contributed by atoms with Crippen LogP contribution in [0, 0.1) is 39.4 Å². The number of benzene rings is 3. The molecule has 0 unspecified atom stereocenters. The quantitative estimate of drug-likeness (QED) is 0.0275. The van der Waals surface area contributed by atoms with Gasteiger partial charge in [0.25, 0.3) is 0 Å². The van der Waals surface area contributed by atoms with E-state index < -0.39 is 59.9 Å². The zero-order valence-electron chi connectivity index (χ0n) is 36.1. The summed E-state index contributed by atoms with van der Waals surface area (Å²) in [6.07, 6.45) is 3.85. The Kier molecular flexibility index (Phi) is 22.4. The molecule has 0 saturated carbocycles. The van der Waals surface area contributed by atoms with E-state index >= 15 is 0 Å². The Morgan fingerprint density at radius 2 is 0.677 bits per heavy atom. The van der Waals surface area contributed by atoms with Crippen molar-refractivity contribution in [2.45, 2.75) is 6.92 Å². The van der Waals surface area contributed by atoms with Gasteiger partial charge in [0.1, 0.15) is 54.7 Å². The summed E-state index contributed by atoms with van der Waals surface area (Å²) in [4.78, 5) is 45.1. The molecule has 3 rings (SSSR count). The number of nitriles is 3. The molecule has 0 fully saturated rings. The molecule has 0 aliphatic rings. The average molecular weight is 895 g/mol. The highest BCUT2D eigenvalue weighted by Crippen LogP contribution is 2.24. The molecule has 6 N–H and O–H groups in total. The third-order valence-electron chi connectivity index (χ3n) is 9.60. The van der Waals surface area contributed by atoms with E-state index in [1.807, 2.05) is 0 Å². The number of ether oxygens (including phenoxy) is 3. The summed E-state index contributed by atoms with van der Waals surface area (Å²) in [5, 5.41) is 85.9. The number of aliphatic hydroxyl groups excluding tert-OH is 6. The lowest BCUT2D eigenvalue weighted by Gasteiger charge is -2.28. The van der Waals surface area contributed by atoms with Crippen LogP contribution in [0.25, 0.3) is 18.2 Å². The molecule has 0 atom stereocenters.